The first-order valence-corrected chi connectivity index (χ1v) is 6.86. The van der Waals surface area contributed by atoms with Gasteiger partial charge in [0.2, 0.25) is 0 Å². The lowest BCUT2D eigenvalue weighted by atomic mass is 10.1. The summed E-state index contributed by atoms with van der Waals surface area (Å²) < 4.78 is 13.5. The Hall–Kier alpha value is -2.18. The minimum atomic E-state index is -0.847. The molecule has 2 aromatic rings. The Morgan fingerprint density at radius 1 is 1.41 bits per heavy atom. The zero-order chi connectivity index (χ0) is 16.3. The van der Waals surface area contributed by atoms with Crippen LogP contribution in [0.4, 0.5) is 4.39 Å². The van der Waals surface area contributed by atoms with Gasteiger partial charge in [0.05, 0.1) is 17.7 Å². The van der Waals surface area contributed by atoms with E-state index in [4.69, 9.17) is 11.6 Å². The molecule has 22 heavy (non-hydrogen) atoms. The fraction of sp³-hybridized carbons (Fsp3) is 0.200. The van der Waals surface area contributed by atoms with E-state index in [1.54, 1.807) is 13.0 Å². The van der Waals surface area contributed by atoms with Gasteiger partial charge in [0.25, 0.3) is 11.5 Å². The summed E-state index contributed by atoms with van der Waals surface area (Å²) in [5.74, 6) is -1.31. The van der Waals surface area contributed by atoms with Crippen molar-refractivity contribution in [3.63, 3.8) is 0 Å². The van der Waals surface area contributed by atoms with E-state index in [9.17, 15) is 19.1 Å². The molecule has 0 aliphatic rings. The van der Waals surface area contributed by atoms with Gasteiger partial charge in [-0.3, -0.25) is 9.59 Å². The zero-order valence-electron chi connectivity index (χ0n) is 11.7. The molecule has 0 aliphatic heterocycles. The molecule has 0 aliphatic carbocycles. The van der Waals surface area contributed by atoms with Crippen LogP contribution in [-0.4, -0.2) is 22.6 Å². The topological polar surface area (TPSA) is 82.2 Å². The van der Waals surface area contributed by atoms with Crippen LogP contribution in [0.1, 0.15) is 27.7 Å². The van der Waals surface area contributed by atoms with Gasteiger partial charge in [0, 0.05) is 5.69 Å². The van der Waals surface area contributed by atoms with Gasteiger partial charge in [-0.15, -0.1) is 0 Å². The Morgan fingerprint density at radius 3 is 2.73 bits per heavy atom. The maximum Gasteiger partial charge on any atom is 0.260 e. The van der Waals surface area contributed by atoms with Crippen LogP contribution in [-0.2, 0) is 0 Å². The number of hydrogen-bond donors (Lipinski definition) is 3. The number of hydrogen-bond acceptors (Lipinski definition) is 3. The predicted octanol–water partition coefficient (Wildman–Crippen LogP) is 1.94. The third-order valence-electron chi connectivity index (χ3n) is 3.13. The molecule has 0 unspecified atom stereocenters. The number of aryl methyl sites for hydroxylation is 1. The first-order chi connectivity index (χ1) is 10.4. The van der Waals surface area contributed by atoms with Crippen molar-refractivity contribution in [2.24, 2.45) is 0 Å². The quantitative estimate of drug-likeness (QED) is 0.804. The standard InChI is InChI=1S/C15H14ClFN2O3/c1-8-2-4-10(14(21)18-8)15(22)19-13(7-20)9-3-5-11(16)12(17)6-9/h2-6,13,20H,7H2,1H3,(H,18,21)(H,19,22)/t13-/m0/s1. The molecule has 1 aromatic carbocycles. The van der Waals surface area contributed by atoms with Crippen molar-refractivity contribution >= 4 is 17.5 Å². The Labute approximate surface area is 130 Å². The fourth-order valence-corrected chi connectivity index (χ4v) is 2.07. The Kier molecular flexibility index (Phi) is 4.95. The lowest BCUT2D eigenvalue weighted by Crippen LogP contribution is -2.34. The molecule has 5 nitrogen and oxygen atoms in total. The van der Waals surface area contributed by atoms with Crippen LogP contribution in [0.25, 0.3) is 0 Å². The second-order valence-electron chi connectivity index (χ2n) is 4.77. The van der Waals surface area contributed by atoms with E-state index in [1.165, 1.54) is 18.2 Å². The lowest BCUT2D eigenvalue weighted by molar-refractivity contribution is 0.0914. The first kappa shape index (κ1) is 16.2. The second kappa shape index (κ2) is 6.72. The molecule has 0 fully saturated rings. The first-order valence-electron chi connectivity index (χ1n) is 6.49. The van der Waals surface area contributed by atoms with E-state index in [1.807, 2.05) is 0 Å². The number of halogens is 2. The van der Waals surface area contributed by atoms with E-state index in [2.05, 4.69) is 10.3 Å². The van der Waals surface area contributed by atoms with Crippen LogP contribution in [0.3, 0.4) is 0 Å². The Balaban J connectivity index is 2.24. The molecule has 0 spiro atoms. The summed E-state index contributed by atoms with van der Waals surface area (Å²) in [7, 11) is 0. The average molecular weight is 325 g/mol. The molecule has 1 amide bonds. The number of carbonyl (C=O) groups is 1. The van der Waals surface area contributed by atoms with Gasteiger partial charge >= 0.3 is 0 Å². The minimum Gasteiger partial charge on any atom is -0.394 e. The predicted molar refractivity (Wildman–Crippen MR) is 80.5 cm³/mol. The average Bonchev–Trinajstić information content (AvgIpc) is 2.47. The van der Waals surface area contributed by atoms with Crippen molar-refractivity contribution in [1.82, 2.24) is 10.3 Å². The Bertz CT molecular complexity index is 761. The highest BCUT2D eigenvalue weighted by Gasteiger charge is 2.18. The fourth-order valence-electron chi connectivity index (χ4n) is 1.95. The summed E-state index contributed by atoms with van der Waals surface area (Å²) in [6.07, 6.45) is 0. The number of H-pyrrole nitrogens is 1. The molecule has 0 radical (unpaired) electrons. The highest BCUT2D eigenvalue weighted by molar-refractivity contribution is 6.30. The molecule has 1 heterocycles. The van der Waals surface area contributed by atoms with E-state index >= 15 is 0 Å². The van der Waals surface area contributed by atoms with Crippen LogP contribution in [0.5, 0.6) is 0 Å². The molecule has 3 N–H and O–H groups in total. The Morgan fingerprint density at radius 2 is 2.14 bits per heavy atom. The van der Waals surface area contributed by atoms with Crippen molar-refractivity contribution in [2.45, 2.75) is 13.0 Å². The summed E-state index contributed by atoms with van der Waals surface area (Å²) in [6, 6.07) is 6.08. The van der Waals surface area contributed by atoms with Gasteiger partial charge in [-0.05, 0) is 36.8 Å². The maximum absolute atomic E-state index is 13.5. The normalized spacial score (nSPS) is 12.0. The molecule has 116 valence electrons. The third-order valence-corrected chi connectivity index (χ3v) is 3.44. The molecular weight excluding hydrogens is 311 g/mol. The third kappa shape index (κ3) is 3.52. The van der Waals surface area contributed by atoms with Gasteiger partial charge in [0.15, 0.2) is 0 Å². The summed E-state index contributed by atoms with van der Waals surface area (Å²) in [5, 5.41) is 11.8. The molecule has 0 saturated heterocycles. The zero-order valence-corrected chi connectivity index (χ0v) is 12.4. The molecule has 7 heteroatoms. The number of aromatic nitrogens is 1. The van der Waals surface area contributed by atoms with Crippen LogP contribution in [0.15, 0.2) is 35.1 Å². The van der Waals surface area contributed by atoms with Crippen molar-refractivity contribution in [2.75, 3.05) is 6.61 Å². The number of benzene rings is 1. The highest BCUT2D eigenvalue weighted by Crippen LogP contribution is 2.20. The van der Waals surface area contributed by atoms with E-state index in [0.717, 1.165) is 6.07 Å². The van der Waals surface area contributed by atoms with Crippen molar-refractivity contribution in [3.8, 4) is 0 Å². The molecule has 2 rings (SSSR count). The molecule has 1 aromatic heterocycles. The van der Waals surface area contributed by atoms with Crippen LogP contribution < -0.4 is 10.9 Å². The molecule has 0 bridgehead atoms. The van der Waals surface area contributed by atoms with Crippen molar-refractivity contribution in [3.05, 3.63) is 68.3 Å². The number of rotatable bonds is 4. The number of nitrogens with one attached hydrogen (secondary N) is 2. The second-order valence-corrected chi connectivity index (χ2v) is 5.17. The van der Waals surface area contributed by atoms with Gasteiger partial charge in [-0.25, -0.2) is 4.39 Å². The van der Waals surface area contributed by atoms with Crippen LogP contribution >= 0.6 is 11.6 Å². The lowest BCUT2D eigenvalue weighted by Gasteiger charge is -2.17. The van der Waals surface area contributed by atoms with Crippen LogP contribution in [0, 0.1) is 12.7 Å². The minimum absolute atomic E-state index is 0.0539. The molecular formula is C15H14ClFN2O3. The van der Waals surface area contributed by atoms with Gasteiger partial charge in [0.1, 0.15) is 11.4 Å². The van der Waals surface area contributed by atoms with E-state index in [-0.39, 0.29) is 10.6 Å². The summed E-state index contributed by atoms with van der Waals surface area (Å²) in [4.78, 5) is 26.4. The summed E-state index contributed by atoms with van der Waals surface area (Å²) in [6.45, 7) is 1.24. The number of carbonyl (C=O) groups excluding carboxylic acids is 1. The number of pyridine rings is 1. The molecule has 1 atom stereocenters. The highest BCUT2D eigenvalue weighted by atomic mass is 35.5. The van der Waals surface area contributed by atoms with E-state index in [0.29, 0.717) is 11.3 Å². The largest absolute Gasteiger partial charge is 0.394 e. The SMILES string of the molecule is Cc1ccc(C(=O)N[C@@H](CO)c2ccc(Cl)c(F)c2)c(=O)[nH]1. The summed E-state index contributed by atoms with van der Waals surface area (Å²) in [5.41, 5.74) is 0.358. The summed E-state index contributed by atoms with van der Waals surface area (Å²) >= 11 is 5.60. The van der Waals surface area contributed by atoms with Gasteiger partial charge in [-0.2, -0.15) is 0 Å². The monoisotopic (exact) mass is 324 g/mol. The smallest absolute Gasteiger partial charge is 0.260 e. The van der Waals surface area contributed by atoms with Crippen LogP contribution in [0.2, 0.25) is 5.02 Å². The number of amides is 1. The number of aliphatic hydroxyl groups excluding tert-OH is 1. The maximum atomic E-state index is 13.5. The molecule has 0 saturated carbocycles. The van der Waals surface area contributed by atoms with E-state index < -0.39 is 29.9 Å². The van der Waals surface area contributed by atoms with Crippen molar-refractivity contribution < 1.29 is 14.3 Å². The van der Waals surface area contributed by atoms with Gasteiger partial charge < -0.3 is 15.4 Å². The van der Waals surface area contributed by atoms with Crippen molar-refractivity contribution in [1.29, 1.82) is 0 Å². The number of aliphatic hydroxyl groups is 1. The number of aromatic amines is 1. The van der Waals surface area contributed by atoms with Gasteiger partial charge in [-0.1, -0.05) is 17.7 Å².